The molecule has 0 bridgehead atoms. The summed E-state index contributed by atoms with van der Waals surface area (Å²) in [6.45, 7) is 0. The van der Waals surface area contributed by atoms with E-state index in [-0.39, 0.29) is 0 Å². The molecule has 59 heavy (non-hydrogen) atoms. The zero-order valence-corrected chi connectivity index (χ0v) is 31.5. The molecule has 0 atom stereocenters. The van der Waals surface area contributed by atoms with Gasteiger partial charge < -0.3 is 4.57 Å². The third kappa shape index (κ3) is 6.83. The number of rotatable bonds is 7. The molecule has 4 nitrogen and oxygen atoms in total. The highest BCUT2D eigenvalue weighted by Crippen LogP contribution is 2.41. The van der Waals surface area contributed by atoms with Crippen LogP contribution in [0.4, 0.5) is 13.2 Å². The summed E-state index contributed by atoms with van der Waals surface area (Å²) in [7, 11) is 0. The van der Waals surface area contributed by atoms with E-state index in [1.807, 2.05) is 115 Å². The standard InChI is InChI=1S/C52H33F3N4/c53-52(54,55)41-25-21-36(22-26-41)44-33-42(27-28-43(44)51-57-49(37-17-9-3-10-18-37)56-50(58-51)38-19-11-4-12-20-38)59-47-29-23-39(34-13-5-1-6-14-34)31-45(47)46-32-40(24-30-48(46)59)35-15-7-2-8-16-35/h1-33H. The van der Waals surface area contributed by atoms with Gasteiger partial charge in [0.25, 0.3) is 0 Å². The van der Waals surface area contributed by atoms with Crippen LogP contribution in [0, 0.1) is 0 Å². The fourth-order valence-corrected chi connectivity index (χ4v) is 7.79. The molecule has 0 aliphatic carbocycles. The van der Waals surface area contributed by atoms with Crippen LogP contribution < -0.4 is 0 Å². The summed E-state index contributed by atoms with van der Waals surface area (Å²) < 4.78 is 43.8. The Morgan fingerprint density at radius 2 is 0.763 bits per heavy atom. The predicted octanol–water partition coefficient (Wildman–Crippen LogP) is 14.0. The first-order chi connectivity index (χ1) is 28.9. The molecule has 0 radical (unpaired) electrons. The molecule has 8 aromatic carbocycles. The molecule has 282 valence electrons. The van der Waals surface area contributed by atoms with Crippen LogP contribution in [0.2, 0.25) is 0 Å². The quantitative estimate of drug-likeness (QED) is 0.162. The Balaban J connectivity index is 1.22. The van der Waals surface area contributed by atoms with Crippen LogP contribution in [0.1, 0.15) is 5.56 Å². The van der Waals surface area contributed by atoms with E-state index in [4.69, 9.17) is 15.0 Å². The van der Waals surface area contributed by atoms with E-state index in [9.17, 15) is 13.2 Å². The van der Waals surface area contributed by atoms with Crippen LogP contribution in [0.25, 0.3) is 95.0 Å². The molecule has 0 amide bonds. The second-order valence-corrected chi connectivity index (χ2v) is 14.4. The lowest BCUT2D eigenvalue weighted by atomic mass is 9.97. The van der Waals surface area contributed by atoms with Crippen LogP contribution in [0.15, 0.2) is 200 Å². The van der Waals surface area contributed by atoms with E-state index in [0.717, 1.165) is 73.0 Å². The van der Waals surface area contributed by atoms with Crippen LogP contribution in [0.3, 0.4) is 0 Å². The van der Waals surface area contributed by atoms with E-state index in [2.05, 4.69) is 65.2 Å². The maximum absolute atomic E-state index is 13.9. The number of alkyl halides is 3. The lowest BCUT2D eigenvalue weighted by molar-refractivity contribution is -0.137. The molecule has 0 aliphatic heterocycles. The first-order valence-electron chi connectivity index (χ1n) is 19.3. The summed E-state index contributed by atoms with van der Waals surface area (Å²) in [5.74, 6) is 1.38. The van der Waals surface area contributed by atoms with Crippen molar-refractivity contribution in [3.63, 3.8) is 0 Å². The highest BCUT2D eigenvalue weighted by Gasteiger charge is 2.30. The molecule has 0 spiro atoms. The number of benzene rings is 8. The zero-order chi connectivity index (χ0) is 39.9. The first kappa shape index (κ1) is 35.8. The SMILES string of the molecule is FC(F)(F)c1ccc(-c2cc(-n3c4ccc(-c5ccccc5)cc4c4cc(-c5ccccc5)ccc43)ccc2-c2nc(-c3ccccc3)nc(-c3ccccc3)n2)cc1. The Morgan fingerprint density at radius 3 is 1.22 bits per heavy atom. The van der Waals surface area contributed by atoms with E-state index in [0.29, 0.717) is 34.2 Å². The molecule has 0 fully saturated rings. The molecule has 0 saturated carbocycles. The Bertz CT molecular complexity index is 2950. The van der Waals surface area contributed by atoms with Crippen LogP contribution in [-0.4, -0.2) is 19.5 Å². The van der Waals surface area contributed by atoms with Gasteiger partial charge in [-0.25, -0.2) is 15.0 Å². The summed E-state index contributed by atoms with van der Waals surface area (Å²) in [6, 6.07) is 64.4. The van der Waals surface area contributed by atoms with E-state index >= 15 is 0 Å². The maximum atomic E-state index is 13.9. The highest BCUT2D eigenvalue weighted by molar-refractivity contribution is 6.11. The lowest BCUT2D eigenvalue weighted by Gasteiger charge is -2.16. The average molecular weight is 771 g/mol. The smallest absolute Gasteiger partial charge is 0.309 e. The van der Waals surface area contributed by atoms with Crippen molar-refractivity contribution in [3.05, 3.63) is 206 Å². The lowest BCUT2D eigenvalue weighted by Crippen LogP contribution is -2.04. The monoisotopic (exact) mass is 770 g/mol. The van der Waals surface area contributed by atoms with Crippen molar-refractivity contribution in [2.45, 2.75) is 6.18 Å². The van der Waals surface area contributed by atoms with Crippen molar-refractivity contribution in [2.24, 2.45) is 0 Å². The van der Waals surface area contributed by atoms with Gasteiger partial charge in [-0.2, -0.15) is 13.2 Å². The molecule has 2 aromatic heterocycles. The summed E-state index contributed by atoms with van der Waals surface area (Å²) in [4.78, 5) is 14.9. The van der Waals surface area contributed by atoms with Crippen molar-refractivity contribution in [2.75, 3.05) is 0 Å². The first-order valence-corrected chi connectivity index (χ1v) is 19.3. The van der Waals surface area contributed by atoms with E-state index in [1.165, 1.54) is 12.1 Å². The topological polar surface area (TPSA) is 43.6 Å². The van der Waals surface area contributed by atoms with Gasteiger partial charge in [0, 0.05) is 33.2 Å². The van der Waals surface area contributed by atoms with Crippen molar-refractivity contribution in [1.29, 1.82) is 0 Å². The number of nitrogens with zero attached hydrogens (tertiary/aromatic N) is 4. The van der Waals surface area contributed by atoms with Crippen molar-refractivity contribution < 1.29 is 13.2 Å². The fraction of sp³-hybridized carbons (Fsp3) is 0.0192. The summed E-state index contributed by atoms with van der Waals surface area (Å²) >= 11 is 0. The summed E-state index contributed by atoms with van der Waals surface area (Å²) in [5, 5.41) is 2.16. The molecule has 0 unspecified atom stereocenters. The van der Waals surface area contributed by atoms with E-state index in [1.54, 1.807) is 0 Å². The Morgan fingerprint density at radius 1 is 0.339 bits per heavy atom. The van der Waals surface area contributed by atoms with Gasteiger partial charge >= 0.3 is 6.18 Å². The van der Waals surface area contributed by atoms with Crippen molar-refractivity contribution in [3.8, 4) is 73.2 Å². The molecular formula is C52H33F3N4. The Labute approximate surface area is 338 Å². The average Bonchev–Trinajstić information content (AvgIpc) is 3.62. The second-order valence-electron chi connectivity index (χ2n) is 14.4. The Hall–Kier alpha value is -7.64. The van der Waals surface area contributed by atoms with Gasteiger partial charge in [0.15, 0.2) is 17.5 Å². The number of hydrogen-bond donors (Lipinski definition) is 0. The summed E-state index contributed by atoms with van der Waals surface area (Å²) in [5.41, 5.74) is 10.1. The normalized spacial score (nSPS) is 11.6. The van der Waals surface area contributed by atoms with E-state index < -0.39 is 11.7 Å². The molecule has 0 aliphatic rings. The molecule has 0 saturated heterocycles. The summed E-state index contributed by atoms with van der Waals surface area (Å²) in [6.07, 6.45) is -4.48. The molecule has 2 heterocycles. The van der Waals surface area contributed by atoms with Gasteiger partial charge in [0.2, 0.25) is 0 Å². The third-order valence-electron chi connectivity index (χ3n) is 10.7. The van der Waals surface area contributed by atoms with Crippen molar-refractivity contribution >= 4 is 21.8 Å². The van der Waals surface area contributed by atoms with Gasteiger partial charge in [0.05, 0.1) is 16.6 Å². The minimum atomic E-state index is -4.48. The van der Waals surface area contributed by atoms with Crippen LogP contribution >= 0.6 is 0 Å². The molecule has 10 rings (SSSR count). The second kappa shape index (κ2) is 14.7. The minimum Gasteiger partial charge on any atom is -0.309 e. The number of fused-ring (bicyclic) bond motifs is 3. The van der Waals surface area contributed by atoms with Gasteiger partial charge in [-0.05, 0) is 88.0 Å². The largest absolute Gasteiger partial charge is 0.416 e. The van der Waals surface area contributed by atoms with Gasteiger partial charge in [-0.3, -0.25) is 0 Å². The maximum Gasteiger partial charge on any atom is 0.416 e. The minimum absolute atomic E-state index is 0.404. The third-order valence-corrected chi connectivity index (χ3v) is 10.7. The molecular weight excluding hydrogens is 738 g/mol. The van der Waals surface area contributed by atoms with Gasteiger partial charge in [0.1, 0.15) is 0 Å². The number of halogens is 3. The van der Waals surface area contributed by atoms with Crippen LogP contribution in [-0.2, 0) is 6.18 Å². The zero-order valence-electron chi connectivity index (χ0n) is 31.5. The molecule has 0 N–H and O–H groups in total. The van der Waals surface area contributed by atoms with Gasteiger partial charge in [-0.15, -0.1) is 0 Å². The molecule has 7 heteroatoms. The number of aromatic nitrogens is 4. The van der Waals surface area contributed by atoms with Crippen molar-refractivity contribution in [1.82, 2.24) is 19.5 Å². The van der Waals surface area contributed by atoms with Gasteiger partial charge in [-0.1, -0.05) is 146 Å². The number of hydrogen-bond acceptors (Lipinski definition) is 3. The fourth-order valence-electron chi connectivity index (χ4n) is 7.79. The Kier molecular flexibility index (Phi) is 8.91. The molecule has 10 aromatic rings. The predicted molar refractivity (Wildman–Crippen MR) is 232 cm³/mol. The van der Waals surface area contributed by atoms with Crippen LogP contribution in [0.5, 0.6) is 0 Å². The highest BCUT2D eigenvalue weighted by atomic mass is 19.4.